The van der Waals surface area contributed by atoms with E-state index in [2.05, 4.69) is 9.72 Å². The zero-order valence-corrected chi connectivity index (χ0v) is 9.59. The van der Waals surface area contributed by atoms with Crippen LogP contribution in [-0.4, -0.2) is 24.1 Å². The van der Waals surface area contributed by atoms with Crippen molar-refractivity contribution in [3.8, 4) is 0 Å². The van der Waals surface area contributed by atoms with Crippen molar-refractivity contribution in [2.24, 2.45) is 5.73 Å². The van der Waals surface area contributed by atoms with E-state index >= 15 is 0 Å². The molecule has 1 heterocycles. The number of aromatic nitrogens is 1. The van der Waals surface area contributed by atoms with Crippen molar-refractivity contribution < 1.29 is 9.53 Å². The molecule has 0 amide bonds. The molecule has 2 rings (SSSR count). The highest BCUT2D eigenvalue weighted by molar-refractivity contribution is 5.85. The van der Waals surface area contributed by atoms with Crippen molar-refractivity contribution in [3.63, 3.8) is 0 Å². The molecular weight excluding hydrogens is 216 g/mol. The molecule has 4 nitrogen and oxygen atoms in total. The Morgan fingerprint density at radius 1 is 1.41 bits per heavy atom. The van der Waals surface area contributed by atoms with E-state index in [0.717, 1.165) is 16.3 Å². The van der Waals surface area contributed by atoms with Gasteiger partial charge < -0.3 is 10.5 Å². The van der Waals surface area contributed by atoms with Gasteiger partial charge in [-0.05, 0) is 10.9 Å². The number of carbonyl (C=O) groups is 1. The molecule has 0 radical (unpaired) electrons. The van der Waals surface area contributed by atoms with Gasteiger partial charge >= 0.3 is 5.97 Å². The summed E-state index contributed by atoms with van der Waals surface area (Å²) in [7, 11) is 1.34. The SMILES string of the molecule is COC(=O)C(N)Cc1cncc2ccccc12. The molecule has 17 heavy (non-hydrogen) atoms. The van der Waals surface area contributed by atoms with Crippen molar-refractivity contribution in [3.05, 3.63) is 42.2 Å². The summed E-state index contributed by atoms with van der Waals surface area (Å²) < 4.78 is 4.61. The third kappa shape index (κ3) is 2.42. The Bertz CT molecular complexity index is 534. The maximum absolute atomic E-state index is 11.3. The molecule has 0 saturated carbocycles. The lowest BCUT2D eigenvalue weighted by atomic mass is 10.0. The lowest BCUT2D eigenvalue weighted by Gasteiger charge is -2.10. The number of methoxy groups -OCH3 is 1. The van der Waals surface area contributed by atoms with E-state index in [0.29, 0.717) is 6.42 Å². The van der Waals surface area contributed by atoms with Gasteiger partial charge in [-0.1, -0.05) is 24.3 Å². The number of carbonyl (C=O) groups excluding carboxylic acids is 1. The first-order valence-electron chi connectivity index (χ1n) is 5.37. The maximum atomic E-state index is 11.3. The van der Waals surface area contributed by atoms with Crippen LogP contribution in [0.5, 0.6) is 0 Å². The Morgan fingerprint density at radius 2 is 2.18 bits per heavy atom. The number of hydrogen-bond donors (Lipinski definition) is 1. The summed E-state index contributed by atoms with van der Waals surface area (Å²) in [6.07, 6.45) is 3.97. The van der Waals surface area contributed by atoms with E-state index in [1.54, 1.807) is 12.4 Å². The van der Waals surface area contributed by atoms with Crippen LogP contribution in [0.3, 0.4) is 0 Å². The molecule has 2 N–H and O–H groups in total. The summed E-state index contributed by atoms with van der Waals surface area (Å²) in [4.78, 5) is 15.4. The molecule has 0 aliphatic carbocycles. The normalized spacial score (nSPS) is 12.4. The van der Waals surface area contributed by atoms with E-state index in [1.165, 1.54) is 7.11 Å². The zero-order valence-electron chi connectivity index (χ0n) is 9.59. The number of rotatable bonds is 3. The lowest BCUT2D eigenvalue weighted by Crippen LogP contribution is -2.33. The standard InChI is InChI=1S/C13H14N2O2/c1-17-13(16)12(14)6-10-8-15-7-9-4-2-3-5-11(9)10/h2-5,7-8,12H,6,14H2,1H3. The Hall–Kier alpha value is -1.94. The zero-order chi connectivity index (χ0) is 12.3. The minimum absolute atomic E-state index is 0.405. The molecule has 0 saturated heterocycles. The highest BCUT2D eigenvalue weighted by atomic mass is 16.5. The van der Waals surface area contributed by atoms with Gasteiger partial charge in [-0.2, -0.15) is 0 Å². The summed E-state index contributed by atoms with van der Waals surface area (Å²) in [5.74, 6) is -0.405. The Labute approximate surface area is 99.4 Å². The van der Waals surface area contributed by atoms with Crippen molar-refractivity contribution >= 4 is 16.7 Å². The number of ether oxygens (including phenoxy) is 1. The molecule has 0 aliphatic heterocycles. The summed E-state index contributed by atoms with van der Waals surface area (Å²) in [5.41, 5.74) is 6.71. The predicted molar refractivity (Wildman–Crippen MR) is 65.4 cm³/mol. The number of hydrogen-bond acceptors (Lipinski definition) is 4. The van der Waals surface area contributed by atoms with E-state index in [1.807, 2.05) is 24.3 Å². The summed E-state index contributed by atoms with van der Waals surface area (Å²) in [6, 6.07) is 7.24. The van der Waals surface area contributed by atoms with Gasteiger partial charge in [-0.15, -0.1) is 0 Å². The molecule has 4 heteroatoms. The highest BCUT2D eigenvalue weighted by Crippen LogP contribution is 2.18. The second-order valence-electron chi connectivity index (χ2n) is 3.85. The minimum atomic E-state index is -0.646. The molecule has 1 aromatic heterocycles. The first-order valence-corrected chi connectivity index (χ1v) is 5.37. The van der Waals surface area contributed by atoms with Gasteiger partial charge in [0.15, 0.2) is 0 Å². The minimum Gasteiger partial charge on any atom is -0.468 e. The van der Waals surface area contributed by atoms with Crippen LogP contribution in [0.25, 0.3) is 10.8 Å². The van der Waals surface area contributed by atoms with E-state index in [4.69, 9.17) is 5.73 Å². The van der Waals surface area contributed by atoms with Gasteiger partial charge in [0.2, 0.25) is 0 Å². The molecule has 0 bridgehead atoms. The van der Waals surface area contributed by atoms with Gasteiger partial charge in [-0.3, -0.25) is 9.78 Å². The van der Waals surface area contributed by atoms with E-state index in [-0.39, 0.29) is 0 Å². The van der Waals surface area contributed by atoms with Gasteiger partial charge in [0.05, 0.1) is 7.11 Å². The summed E-state index contributed by atoms with van der Waals surface area (Å²) in [6.45, 7) is 0. The van der Waals surface area contributed by atoms with Gasteiger partial charge in [0, 0.05) is 24.2 Å². The maximum Gasteiger partial charge on any atom is 0.322 e. The van der Waals surface area contributed by atoms with Crippen LogP contribution in [0.15, 0.2) is 36.7 Å². The van der Waals surface area contributed by atoms with E-state index in [9.17, 15) is 4.79 Å². The van der Waals surface area contributed by atoms with Gasteiger partial charge in [0.1, 0.15) is 6.04 Å². The lowest BCUT2D eigenvalue weighted by molar-refractivity contribution is -0.142. The van der Waals surface area contributed by atoms with Gasteiger partial charge in [-0.25, -0.2) is 0 Å². The van der Waals surface area contributed by atoms with Crippen LogP contribution in [0.2, 0.25) is 0 Å². The molecule has 2 aromatic rings. The average molecular weight is 230 g/mol. The van der Waals surface area contributed by atoms with Crippen LogP contribution >= 0.6 is 0 Å². The van der Waals surface area contributed by atoms with Crippen molar-refractivity contribution in [1.29, 1.82) is 0 Å². The first kappa shape index (κ1) is 11.5. The Balaban J connectivity index is 2.33. The van der Waals surface area contributed by atoms with Crippen molar-refractivity contribution in [1.82, 2.24) is 4.98 Å². The fraction of sp³-hybridized carbons (Fsp3) is 0.231. The van der Waals surface area contributed by atoms with Crippen LogP contribution in [-0.2, 0) is 16.0 Å². The number of benzene rings is 1. The summed E-state index contributed by atoms with van der Waals surface area (Å²) >= 11 is 0. The van der Waals surface area contributed by atoms with Crippen molar-refractivity contribution in [2.45, 2.75) is 12.5 Å². The number of pyridine rings is 1. The largest absolute Gasteiger partial charge is 0.468 e. The topological polar surface area (TPSA) is 65.2 Å². The molecular formula is C13H14N2O2. The third-order valence-corrected chi connectivity index (χ3v) is 2.69. The molecule has 88 valence electrons. The molecule has 0 aliphatic rings. The van der Waals surface area contributed by atoms with E-state index < -0.39 is 12.0 Å². The summed E-state index contributed by atoms with van der Waals surface area (Å²) in [5, 5.41) is 2.11. The van der Waals surface area contributed by atoms with Crippen LogP contribution in [0.1, 0.15) is 5.56 Å². The average Bonchev–Trinajstić information content (AvgIpc) is 2.38. The molecule has 1 atom stereocenters. The number of nitrogens with two attached hydrogens (primary N) is 1. The Morgan fingerprint density at radius 3 is 2.94 bits per heavy atom. The smallest absolute Gasteiger partial charge is 0.322 e. The van der Waals surface area contributed by atoms with Crippen LogP contribution in [0, 0.1) is 0 Å². The number of nitrogens with zero attached hydrogens (tertiary/aromatic N) is 1. The third-order valence-electron chi connectivity index (χ3n) is 2.69. The second-order valence-corrected chi connectivity index (χ2v) is 3.85. The van der Waals surface area contributed by atoms with Gasteiger partial charge in [0.25, 0.3) is 0 Å². The quantitative estimate of drug-likeness (QED) is 0.807. The number of esters is 1. The predicted octanol–water partition coefficient (Wildman–Crippen LogP) is 1.28. The van der Waals surface area contributed by atoms with Crippen molar-refractivity contribution in [2.75, 3.05) is 7.11 Å². The molecule has 0 spiro atoms. The van der Waals surface area contributed by atoms with Crippen LogP contribution < -0.4 is 5.73 Å². The monoisotopic (exact) mass is 230 g/mol. The fourth-order valence-electron chi connectivity index (χ4n) is 1.81. The molecule has 1 aromatic carbocycles. The first-order chi connectivity index (χ1) is 8.22. The Kier molecular flexibility index (Phi) is 3.35. The molecule has 1 unspecified atom stereocenters. The number of fused-ring (bicyclic) bond motifs is 1. The second kappa shape index (κ2) is 4.93. The fourth-order valence-corrected chi connectivity index (χ4v) is 1.81. The molecule has 0 fully saturated rings. The highest BCUT2D eigenvalue weighted by Gasteiger charge is 2.15. The van der Waals surface area contributed by atoms with Crippen LogP contribution in [0.4, 0.5) is 0 Å².